The number of aromatic nitrogens is 3. The monoisotopic (exact) mass is 396 g/mol. The van der Waals surface area contributed by atoms with Crippen LogP contribution < -0.4 is 10.1 Å². The molecule has 0 saturated heterocycles. The third kappa shape index (κ3) is 4.72. The van der Waals surface area contributed by atoms with Crippen LogP contribution in [0.25, 0.3) is 17.1 Å². The fraction of sp³-hybridized carbons (Fsp3) is 0.286. The van der Waals surface area contributed by atoms with Crippen molar-refractivity contribution in [3.05, 3.63) is 54.1 Å². The highest BCUT2D eigenvalue weighted by Gasteiger charge is 2.17. The van der Waals surface area contributed by atoms with Crippen LogP contribution in [-0.4, -0.2) is 39.6 Å². The number of carbonyl (C=O) groups is 1. The third-order valence-corrected chi connectivity index (χ3v) is 4.95. The van der Waals surface area contributed by atoms with Crippen molar-refractivity contribution in [1.29, 1.82) is 0 Å². The van der Waals surface area contributed by atoms with Gasteiger partial charge < -0.3 is 10.1 Å². The minimum atomic E-state index is -0.0224. The maximum atomic E-state index is 11.9. The summed E-state index contributed by atoms with van der Waals surface area (Å²) in [6, 6.07) is 15.9. The minimum Gasteiger partial charge on any atom is -0.494 e. The van der Waals surface area contributed by atoms with Crippen LogP contribution >= 0.6 is 11.8 Å². The van der Waals surface area contributed by atoms with E-state index in [0.29, 0.717) is 18.3 Å². The zero-order chi connectivity index (χ0) is 19.9. The summed E-state index contributed by atoms with van der Waals surface area (Å²) in [5, 5.41) is 12.3. The van der Waals surface area contributed by atoms with E-state index >= 15 is 0 Å². The van der Waals surface area contributed by atoms with Crippen LogP contribution in [0.15, 0.2) is 53.7 Å². The van der Waals surface area contributed by atoms with Gasteiger partial charge in [-0.1, -0.05) is 35.5 Å². The molecule has 28 heavy (non-hydrogen) atoms. The van der Waals surface area contributed by atoms with Crippen molar-refractivity contribution in [2.45, 2.75) is 25.9 Å². The van der Waals surface area contributed by atoms with E-state index in [1.807, 2.05) is 67.8 Å². The number of nitrogens with zero attached hydrogens (tertiary/aromatic N) is 3. The lowest BCUT2D eigenvalue weighted by Gasteiger charge is -2.12. The second kappa shape index (κ2) is 9.41. The molecule has 1 aromatic heterocycles. The molecule has 3 aromatic rings. The van der Waals surface area contributed by atoms with Gasteiger partial charge in [-0.25, -0.2) is 0 Å². The predicted octanol–water partition coefficient (Wildman–Crippen LogP) is 3.87. The second-order valence-corrected chi connectivity index (χ2v) is 7.12. The van der Waals surface area contributed by atoms with Crippen molar-refractivity contribution < 1.29 is 9.53 Å². The molecule has 1 N–H and O–H groups in total. The van der Waals surface area contributed by atoms with E-state index in [0.717, 1.165) is 28.4 Å². The molecule has 6 nitrogen and oxygen atoms in total. The fourth-order valence-corrected chi connectivity index (χ4v) is 3.59. The largest absolute Gasteiger partial charge is 0.494 e. The van der Waals surface area contributed by atoms with Gasteiger partial charge in [-0.3, -0.25) is 9.36 Å². The number of aryl methyl sites for hydroxylation is 1. The maximum absolute atomic E-state index is 11.9. The third-order valence-electron chi connectivity index (χ3n) is 4.02. The summed E-state index contributed by atoms with van der Waals surface area (Å²) in [4.78, 5) is 11.9. The van der Waals surface area contributed by atoms with Crippen LogP contribution in [0.3, 0.4) is 0 Å². The number of thioether (sulfide) groups is 1. The molecule has 1 amide bonds. The van der Waals surface area contributed by atoms with Crippen molar-refractivity contribution >= 4 is 17.7 Å². The van der Waals surface area contributed by atoms with Crippen LogP contribution in [0, 0.1) is 6.92 Å². The molecule has 0 atom stereocenters. The van der Waals surface area contributed by atoms with Crippen LogP contribution in [0.5, 0.6) is 5.75 Å². The van der Waals surface area contributed by atoms with E-state index in [1.54, 1.807) is 0 Å². The number of ether oxygens (including phenoxy) is 1. The summed E-state index contributed by atoms with van der Waals surface area (Å²) in [5.74, 6) is 1.82. The summed E-state index contributed by atoms with van der Waals surface area (Å²) >= 11 is 1.37. The van der Waals surface area contributed by atoms with Gasteiger partial charge in [0.15, 0.2) is 11.0 Å². The lowest BCUT2D eigenvalue weighted by molar-refractivity contribution is -0.118. The first-order valence-electron chi connectivity index (χ1n) is 9.27. The first-order chi connectivity index (χ1) is 13.6. The van der Waals surface area contributed by atoms with E-state index in [9.17, 15) is 4.79 Å². The minimum absolute atomic E-state index is 0.0224. The molecule has 2 aromatic carbocycles. The van der Waals surface area contributed by atoms with Crippen molar-refractivity contribution in [2.24, 2.45) is 0 Å². The van der Waals surface area contributed by atoms with Gasteiger partial charge in [0.25, 0.3) is 0 Å². The van der Waals surface area contributed by atoms with Gasteiger partial charge in [-0.05, 0) is 51.1 Å². The number of rotatable bonds is 8. The number of amides is 1. The number of hydrogen-bond donors (Lipinski definition) is 1. The maximum Gasteiger partial charge on any atom is 0.230 e. The van der Waals surface area contributed by atoms with Gasteiger partial charge in [0.05, 0.1) is 12.4 Å². The smallest absolute Gasteiger partial charge is 0.230 e. The van der Waals surface area contributed by atoms with Crippen molar-refractivity contribution in [1.82, 2.24) is 20.1 Å². The van der Waals surface area contributed by atoms with Crippen molar-refractivity contribution in [2.75, 3.05) is 18.9 Å². The number of benzene rings is 2. The van der Waals surface area contributed by atoms with Gasteiger partial charge in [0.1, 0.15) is 5.75 Å². The van der Waals surface area contributed by atoms with Crippen molar-refractivity contribution in [3.63, 3.8) is 0 Å². The molecule has 1 heterocycles. The molecule has 0 bridgehead atoms. The van der Waals surface area contributed by atoms with E-state index < -0.39 is 0 Å². The summed E-state index contributed by atoms with van der Waals surface area (Å²) < 4.78 is 7.53. The SMILES string of the molecule is CCNC(=O)CSc1nnc(-c2cccc(C)c2)n1-c1ccc(OCC)cc1. The van der Waals surface area contributed by atoms with E-state index in [4.69, 9.17) is 4.74 Å². The average Bonchev–Trinajstić information content (AvgIpc) is 3.11. The standard InChI is InChI=1S/C21H24N4O2S/c1-4-22-19(26)14-28-21-24-23-20(16-8-6-7-15(3)13-16)25(21)17-9-11-18(12-10-17)27-5-2/h6-13H,4-5,14H2,1-3H3,(H,22,26). The molecule has 0 aliphatic rings. The molecule has 0 spiro atoms. The van der Waals surface area contributed by atoms with Crippen LogP contribution in [0.4, 0.5) is 0 Å². The molecule has 3 rings (SSSR count). The van der Waals surface area contributed by atoms with E-state index in [-0.39, 0.29) is 11.7 Å². The Bertz CT molecular complexity index is 938. The molecule has 0 saturated carbocycles. The Balaban J connectivity index is 1.99. The Morgan fingerprint density at radius 1 is 1.14 bits per heavy atom. The fourth-order valence-electron chi connectivity index (χ4n) is 2.80. The predicted molar refractivity (Wildman–Crippen MR) is 112 cm³/mol. The molecular formula is C21H24N4O2S. The Morgan fingerprint density at radius 3 is 2.61 bits per heavy atom. The molecule has 0 aliphatic carbocycles. The molecule has 146 valence electrons. The van der Waals surface area contributed by atoms with Gasteiger partial charge in [0, 0.05) is 17.8 Å². The Labute approximate surface area is 169 Å². The molecule has 7 heteroatoms. The van der Waals surface area contributed by atoms with Gasteiger partial charge >= 0.3 is 0 Å². The van der Waals surface area contributed by atoms with Crippen LogP contribution in [-0.2, 0) is 4.79 Å². The summed E-state index contributed by atoms with van der Waals surface area (Å²) in [6.45, 7) is 7.14. The van der Waals surface area contributed by atoms with Crippen molar-refractivity contribution in [3.8, 4) is 22.8 Å². The Morgan fingerprint density at radius 2 is 1.93 bits per heavy atom. The normalized spacial score (nSPS) is 10.7. The van der Waals surface area contributed by atoms with Crippen LogP contribution in [0.1, 0.15) is 19.4 Å². The van der Waals surface area contributed by atoms with Gasteiger partial charge in [-0.15, -0.1) is 10.2 Å². The summed E-state index contributed by atoms with van der Waals surface area (Å²) in [5.41, 5.74) is 3.05. The molecule has 0 fully saturated rings. The highest BCUT2D eigenvalue weighted by molar-refractivity contribution is 7.99. The highest BCUT2D eigenvalue weighted by atomic mass is 32.2. The topological polar surface area (TPSA) is 69.0 Å². The molecular weight excluding hydrogens is 372 g/mol. The zero-order valence-electron chi connectivity index (χ0n) is 16.3. The van der Waals surface area contributed by atoms with Gasteiger partial charge in [0.2, 0.25) is 5.91 Å². The quantitative estimate of drug-likeness (QED) is 0.586. The van der Waals surface area contributed by atoms with E-state index in [2.05, 4.69) is 21.6 Å². The molecule has 0 radical (unpaired) electrons. The molecule has 0 aliphatic heterocycles. The Kier molecular flexibility index (Phi) is 6.71. The first kappa shape index (κ1) is 19.9. The van der Waals surface area contributed by atoms with E-state index in [1.165, 1.54) is 11.8 Å². The number of hydrogen-bond acceptors (Lipinski definition) is 5. The van der Waals surface area contributed by atoms with Crippen LogP contribution in [0.2, 0.25) is 0 Å². The lowest BCUT2D eigenvalue weighted by Crippen LogP contribution is -2.24. The number of nitrogens with one attached hydrogen (secondary N) is 1. The Hall–Kier alpha value is -2.80. The second-order valence-electron chi connectivity index (χ2n) is 6.18. The zero-order valence-corrected chi connectivity index (χ0v) is 17.1. The number of carbonyl (C=O) groups excluding carboxylic acids is 1. The summed E-state index contributed by atoms with van der Waals surface area (Å²) in [6.07, 6.45) is 0. The summed E-state index contributed by atoms with van der Waals surface area (Å²) in [7, 11) is 0. The van der Waals surface area contributed by atoms with Gasteiger partial charge in [-0.2, -0.15) is 0 Å². The molecule has 0 unspecified atom stereocenters. The first-order valence-corrected chi connectivity index (χ1v) is 10.3. The lowest BCUT2D eigenvalue weighted by atomic mass is 10.1. The average molecular weight is 397 g/mol. The highest BCUT2D eigenvalue weighted by Crippen LogP contribution is 2.29.